The second-order valence-corrected chi connectivity index (χ2v) is 9.11. The van der Waals surface area contributed by atoms with Crippen LogP contribution in [0.15, 0.2) is 89.0 Å². The molecule has 0 saturated carbocycles. The Morgan fingerprint density at radius 1 is 0.975 bits per heavy atom. The molecule has 1 aromatic heterocycles. The summed E-state index contributed by atoms with van der Waals surface area (Å²) in [6.45, 7) is 4.36. The number of anilines is 1. The summed E-state index contributed by atoms with van der Waals surface area (Å²) in [5, 5.41) is 15.3. The Labute approximate surface area is 231 Å². The minimum Gasteiger partial charge on any atom is -0.507 e. The highest BCUT2D eigenvalue weighted by Gasteiger charge is 2.48. The summed E-state index contributed by atoms with van der Waals surface area (Å²) in [4.78, 5) is 28.0. The van der Waals surface area contributed by atoms with Gasteiger partial charge in [-0.05, 0) is 61.4 Å². The van der Waals surface area contributed by atoms with Crippen LogP contribution in [0.2, 0.25) is 0 Å². The van der Waals surface area contributed by atoms with E-state index < -0.39 is 17.7 Å². The van der Waals surface area contributed by atoms with Crippen LogP contribution in [-0.2, 0) is 16.2 Å². The summed E-state index contributed by atoms with van der Waals surface area (Å²) >= 11 is 0. The second kappa shape index (κ2) is 11.4. The van der Waals surface area contributed by atoms with Crippen molar-refractivity contribution in [1.29, 1.82) is 0 Å². The molecule has 4 aromatic rings. The molecule has 5 rings (SSSR count). The third-order valence-electron chi connectivity index (χ3n) is 6.49. The van der Waals surface area contributed by atoms with Crippen LogP contribution in [-0.4, -0.2) is 35.7 Å². The number of aromatic nitrogens is 1. The quantitative estimate of drug-likeness (QED) is 0.166. The van der Waals surface area contributed by atoms with Crippen molar-refractivity contribution in [3.8, 4) is 17.2 Å². The summed E-state index contributed by atoms with van der Waals surface area (Å²) in [6, 6.07) is 22.0. The molecule has 1 amide bonds. The van der Waals surface area contributed by atoms with Gasteiger partial charge in [-0.1, -0.05) is 41.6 Å². The summed E-state index contributed by atoms with van der Waals surface area (Å²) in [7, 11) is 1.51. The van der Waals surface area contributed by atoms with Gasteiger partial charge in [0, 0.05) is 11.6 Å². The number of hydrogen-bond acceptors (Lipinski definition) is 8. The highest BCUT2D eigenvalue weighted by atomic mass is 16.5. The van der Waals surface area contributed by atoms with Gasteiger partial charge in [0.05, 0.1) is 25.3 Å². The number of rotatable bonds is 9. The Balaban J connectivity index is 1.58. The van der Waals surface area contributed by atoms with E-state index in [1.807, 2.05) is 37.3 Å². The summed E-state index contributed by atoms with van der Waals surface area (Å²) in [5.74, 6) is 0.104. The first-order chi connectivity index (χ1) is 19.4. The number of amides is 1. The van der Waals surface area contributed by atoms with Gasteiger partial charge in [0.2, 0.25) is 0 Å². The monoisotopic (exact) mass is 540 g/mol. The molecule has 1 aliphatic heterocycles. The van der Waals surface area contributed by atoms with Gasteiger partial charge in [-0.3, -0.25) is 14.5 Å². The maximum absolute atomic E-state index is 13.4. The predicted molar refractivity (Wildman–Crippen MR) is 147 cm³/mol. The van der Waals surface area contributed by atoms with Crippen LogP contribution in [0.1, 0.15) is 35.4 Å². The van der Waals surface area contributed by atoms with Crippen LogP contribution in [0.3, 0.4) is 0 Å². The third-order valence-corrected chi connectivity index (χ3v) is 6.49. The number of carbonyl (C=O) groups is 2. The van der Waals surface area contributed by atoms with E-state index in [-0.39, 0.29) is 17.2 Å². The average Bonchev–Trinajstić information content (AvgIpc) is 3.52. The topological polar surface area (TPSA) is 111 Å². The number of ketones is 1. The van der Waals surface area contributed by atoms with Crippen LogP contribution in [0.25, 0.3) is 5.76 Å². The van der Waals surface area contributed by atoms with Crippen molar-refractivity contribution in [3.63, 3.8) is 0 Å². The third kappa shape index (κ3) is 5.13. The number of aliphatic hydroxyl groups excluding tert-OH is 1. The minimum atomic E-state index is -1.01. The molecule has 1 aliphatic rings. The first-order valence-electron chi connectivity index (χ1n) is 12.7. The smallest absolute Gasteiger partial charge is 0.301 e. The molecule has 9 nitrogen and oxygen atoms in total. The number of hydrogen-bond donors (Lipinski definition) is 1. The predicted octanol–water partition coefficient (Wildman–Crippen LogP) is 5.60. The maximum atomic E-state index is 13.4. The first kappa shape index (κ1) is 26.6. The summed E-state index contributed by atoms with van der Waals surface area (Å²) < 4.78 is 22.3. The molecule has 1 atom stereocenters. The molecule has 0 bridgehead atoms. The standard InChI is InChI=1S/C31H28N2O7/c1-4-38-23-13-10-21(11-14-23)29(34)27-28(33(31(36)30(27)35)26-16-19(2)40-32-26)22-12-15-24(25(17-22)37-3)39-18-20-8-6-5-7-9-20/h5-17,28,34H,4,18H2,1-3H3/b29-27+. The van der Waals surface area contributed by atoms with Gasteiger partial charge in [0.25, 0.3) is 5.78 Å². The molecule has 1 fully saturated rings. The zero-order valence-corrected chi connectivity index (χ0v) is 22.3. The van der Waals surface area contributed by atoms with E-state index in [4.69, 9.17) is 18.7 Å². The SMILES string of the molecule is CCOc1ccc(/C(O)=C2\C(=O)C(=O)N(c3cc(C)on3)C2c2ccc(OCc3ccccc3)c(OC)c2)cc1. The molecular formula is C31H28N2O7. The van der Waals surface area contributed by atoms with E-state index in [9.17, 15) is 14.7 Å². The van der Waals surface area contributed by atoms with E-state index >= 15 is 0 Å². The zero-order valence-electron chi connectivity index (χ0n) is 22.3. The Bertz CT molecular complexity index is 1560. The number of ether oxygens (including phenoxy) is 3. The highest BCUT2D eigenvalue weighted by Crippen LogP contribution is 2.44. The molecule has 1 unspecified atom stereocenters. The number of aliphatic hydroxyl groups is 1. The van der Waals surface area contributed by atoms with Gasteiger partial charge in [0.15, 0.2) is 17.3 Å². The molecule has 2 heterocycles. The Hall–Kier alpha value is -5.05. The van der Waals surface area contributed by atoms with Crippen molar-refractivity contribution < 1.29 is 33.4 Å². The van der Waals surface area contributed by atoms with E-state index in [1.165, 1.54) is 12.0 Å². The highest BCUT2D eigenvalue weighted by molar-refractivity contribution is 6.51. The fourth-order valence-electron chi connectivity index (χ4n) is 4.59. The van der Waals surface area contributed by atoms with Crippen molar-refractivity contribution in [1.82, 2.24) is 5.16 Å². The van der Waals surface area contributed by atoms with Gasteiger partial charge in [-0.15, -0.1) is 0 Å². The maximum Gasteiger partial charge on any atom is 0.301 e. The molecule has 9 heteroatoms. The van der Waals surface area contributed by atoms with E-state index in [0.717, 1.165) is 5.56 Å². The number of benzene rings is 3. The number of aryl methyl sites for hydroxylation is 1. The largest absolute Gasteiger partial charge is 0.507 e. The van der Waals surface area contributed by atoms with Crippen molar-refractivity contribution in [2.45, 2.75) is 26.5 Å². The Morgan fingerprint density at radius 2 is 1.73 bits per heavy atom. The lowest BCUT2D eigenvalue weighted by Crippen LogP contribution is -2.29. The number of Topliss-reactive ketones (excluding diaryl/α,β-unsaturated/α-hetero) is 1. The van der Waals surface area contributed by atoms with Gasteiger partial charge >= 0.3 is 5.91 Å². The zero-order chi connectivity index (χ0) is 28.2. The van der Waals surface area contributed by atoms with E-state index in [0.29, 0.717) is 47.3 Å². The Morgan fingerprint density at radius 3 is 2.38 bits per heavy atom. The second-order valence-electron chi connectivity index (χ2n) is 9.11. The van der Waals surface area contributed by atoms with Crippen molar-refractivity contribution in [2.75, 3.05) is 18.6 Å². The van der Waals surface area contributed by atoms with Crippen LogP contribution in [0, 0.1) is 6.92 Å². The molecule has 1 N–H and O–H groups in total. The van der Waals surface area contributed by atoms with Crippen LogP contribution in [0.4, 0.5) is 5.82 Å². The molecule has 40 heavy (non-hydrogen) atoms. The first-order valence-corrected chi connectivity index (χ1v) is 12.7. The van der Waals surface area contributed by atoms with Gasteiger partial charge in [0.1, 0.15) is 23.9 Å². The fourth-order valence-corrected chi connectivity index (χ4v) is 4.59. The van der Waals surface area contributed by atoms with Crippen molar-refractivity contribution >= 4 is 23.3 Å². The number of carbonyl (C=O) groups excluding carboxylic acids is 2. The van der Waals surface area contributed by atoms with Crippen LogP contribution < -0.4 is 19.1 Å². The molecule has 3 aromatic carbocycles. The summed E-state index contributed by atoms with van der Waals surface area (Å²) in [6.07, 6.45) is 0. The lowest BCUT2D eigenvalue weighted by Gasteiger charge is -2.24. The Kier molecular flexibility index (Phi) is 7.54. The number of methoxy groups -OCH3 is 1. The van der Waals surface area contributed by atoms with Gasteiger partial charge in [-0.2, -0.15) is 0 Å². The lowest BCUT2D eigenvalue weighted by atomic mass is 9.95. The fraction of sp³-hybridized carbons (Fsp3) is 0.194. The molecule has 0 radical (unpaired) electrons. The summed E-state index contributed by atoms with van der Waals surface area (Å²) in [5.41, 5.74) is 1.77. The lowest BCUT2D eigenvalue weighted by molar-refractivity contribution is -0.132. The minimum absolute atomic E-state index is 0.0881. The number of nitrogens with zero attached hydrogens (tertiary/aromatic N) is 2. The van der Waals surface area contributed by atoms with Crippen LogP contribution >= 0.6 is 0 Å². The molecular weight excluding hydrogens is 512 g/mol. The van der Waals surface area contributed by atoms with Gasteiger partial charge < -0.3 is 23.8 Å². The normalized spacial score (nSPS) is 16.3. The molecule has 0 aliphatic carbocycles. The average molecular weight is 541 g/mol. The van der Waals surface area contributed by atoms with E-state index in [2.05, 4.69) is 5.16 Å². The van der Waals surface area contributed by atoms with Crippen molar-refractivity contribution in [3.05, 3.63) is 107 Å². The van der Waals surface area contributed by atoms with Crippen molar-refractivity contribution in [2.24, 2.45) is 0 Å². The van der Waals surface area contributed by atoms with Gasteiger partial charge in [-0.25, -0.2) is 0 Å². The molecule has 0 spiro atoms. The van der Waals surface area contributed by atoms with E-state index in [1.54, 1.807) is 55.5 Å². The molecule has 1 saturated heterocycles. The molecule has 204 valence electrons. The van der Waals surface area contributed by atoms with Crippen LogP contribution in [0.5, 0.6) is 17.2 Å².